The number of pyridine rings is 1. The summed E-state index contributed by atoms with van der Waals surface area (Å²) < 4.78 is 11.3. The van der Waals surface area contributed by atoms with Gasteiger partial charge in [-0.1, -0.05) is 98.7 Å². The highest BCUT2D eigenvalue weighted by Gasteiger charge is 2.24. The van der Waals surface area contributed by atoms with Gasteiger partial charge in [0, 0.05) is 34.7 Å². The molecule has 0 spiro atoms. The Kier molecular flexibility index (Phi) is 9.56. The van der Waals surface area contributed by atoms with Gasteiger partial charge in [0.2, 0.25) is 0 Å². The summed E-state index contributed by atoms with van der Waals surface area (Å²) in [5, 5.41) is 7.72. The maximum Gasteiger partial charge on any atom is 0.137 e. The maximum atomic E-state index is 6.85. The Labute approximate surface area is 309 Å². The number of rotatable bonds is 10. The van der Waals surface area contributed by atoms with Crippen LogP contribution in [-0.4, -0.2) is 19.3 Å². The van der Waals surface area contributed by atoms with Crippen molar-refractivity contribution < 1.29 is 4.74 Å². The van der Waals surface area contributed by atoms with Crippen molar-refractivity contribution in [1.29, 1.82) is 0 Å². The molecule has 4 aromatic carbocycles. The monoisotopic (exact) mass is 688 g/mol. The van der Waals surface area contributed by atoms with Crippen molar-refractivity contribution in [3.8, 4) is 34.1 Å². The third-order valence-corrected chi connectivity index (χ3v) is 10.5. The largest absolute Gasteiger partial charge is 0.457 e. The number of aromatic nitrogens is 4. The lowest BCUT2D eigenvalue weighted by atomic mass is 9.86. The van der Waals surface area contributed by atoms with Gasteiger partial charge in [-0.05, 0) is 107 Å². The molecule has 0 N–H and O–H groups in total. The van der Waals surface area contributed by atoms with Crippen molar-refractivity contribution in [2.24, 2.45) is 0 Å². The maximum absolute atomic E-state index is 6.85. The first-order chi connectivity index (χ1) is 25.1. The van der Waals surface area contributed by atoms with Gasteiger partial charge in [-0.3, -0.25) is 4.57 Å². The molecule has 0 bridgehead atoms. The van der Waals surface area contributed by atoms with E-state index in [4.69, 9.17) is 14.8 Å². The van der Waals surface area contributed by atoms with Crippen LogP contribution >= 0.6 is 0 Å². The average molecular weight is 689 g/mol. The molecule has 0 saturated heterocycles. The first-order valence-corrected chi connectivity index (χ1v) is 19.1. The fourth-order valence-corrected chi connectivity index (χ4v) is 7.65. The van der Waals surface area contributed by atoms with Crippen LogP contribution in [0.5, 0.6) is 11.5 Å². The van der Waals surface area contributed by atoms with Gasteiger partial charge in [-0.25, -0.2) is 9.67 Å². The number of hydrogen-bond donors (Lipinski definition) is 0. The summed E-state index contributed by atoms with van der Waals surface area (Å²) in [4.78, 5) is 4.85. The lowest BCUT2D eigenvalue weighted by Gasteiger charge is -2.22. The van der Waals surface area contributed by atoms with E-state index in [2.05, 4.69) is 163 Å². The Balaban J connectivity index is 1.38. The van der Waals surface area contributed by atoms with E-state index in [0.29, 0.717) is 5.92 Å². The summed E-state index contributed by atoms with van der Waals surface area (Å²) in [5.74, 6) is 2.89. The second kappa shape index (κ2) is 14.1. The summed E-state index contributed by atoms with van der Waals surface area (Å²) >= 11 is 0. The van der Waals surface area contributed by atoms with Crippen molar-refractivity contribution in [2.45, 2.75) is 99.3 Å². The molecule has 52 heavy (non-hydrogen) atoms. The minimum Gasteiger partial charge on any atom is -0.457 e. The normalized spacial score (nSPS) is 12.0. The van der Waals surface area contributed by atoms with Gasteiger partial charge in [-0.2, -0.15) is 5.10 Å². The van der Waals surface area contributed by atoms with Crippen LogP contribution in [0.1, 0.15) is 102 Å². The zero-order chi connectivity index (χ0) is 36.7. The number of para-hydroxylation sites is 1. The molecule has 7 aromatic rings. The first-order valence-electron chi connectivity index (χ1n) is 19.1. The van der Waals surface area contributed by atoms with E-state index >= 15 is 0 Å². The number of aryl methyl sites for hydroxylation is 3. The van der Waals surface area contributed by atoms with Gasteiger partial charge in [-0.15, -0.1) is 0 Å². The van der Waals surface area contributed by atoms with Gasteiger partial charge >= 0.3 is 0 Å². The Hall–Kier alpha value is -5.16. The molecule has 266 valence electrons. The minimum atomic E-state index is -0.0995. The number of fused-ring (bicyclic) bond motifs is 3. The number of nitrogens with zero attached hydrogens (tertiary/aromatic N) is 4. The van der Waals surface area contributed by atoms with Crippen molar-refractivity contribution >= 4 is 21.8 Å². The zero-order valence-electron chi connectivity index (χ0n) is 32.3. The van der Waals surface area contributed by atoms with E-state index in [1.165, 1.54) is 49.8 Å². The second-order valence-corrected chi connectivity index (χ2v) is 15.2. The van der Waals surface area contributed by atoms with Crippen LogP contribution in [0, 0.1) is 0 Å². The van der Waals surface area contributed by atoms with Crippen molar-refractivity contribution in [3.05, 3.63) is 131 Å². The van der Waals surface area contributed by atoms with Crippen LogP contribution in [0.3, 0.4) is 0 Å². The minimum absolute atomic E-state index is 0.0995. The molecular formula is C47H52N4O. The predicted octanol–water partition coefficient (Wildman–Crippen LogP) is 12.5. The number of ether oxygens (including phenoxy) is 1. The smallest absolute Gasteiger partial charge is 0.137 e. The van der Waals surface area contributed by atoms with Crippen molar-refractivity contribution in [1.82, 2.24) is 19.3 Å². The summed E-state index contributed by atoms with van der Waals surface area (Å²) in [6.07, 6.45) is 5.63. The van der Waals surface area contributed by atoms with Crippen LogP contribution in [-0.2, 0) is 31.1 Å². The van der Waals surface area contributed by atoms with E-state index in [1.54, 1.807) is 0 Å². The van der Waals surface area contributed by atoms with E-state index in [9.17, 15) is 0 Å². The number of benzene rings is 4. The molecule has 0 atom stereocenters. The average Bonchev–Trinajstić information content (AvgIpc) is 3.69. The molecule has 7 rings (SSSR count). The molecule has 0 amide bonds. The van der Waals surface area contributed by atoms with Crippen LogP contribution < -0.4 is 4.74 Å². The Morgan fingerprint density at radius 2 is 1.40 bits per heavy atom. The molecule has 0 unspecified atom stereocenters. The second-order valence-electron chi connectivity index (χ2n) is 15.2. The van der Waals surface area contributed by atoms with Gasteiger partial charge in [0.05, 0.1) is 28.1 Å². The lowest BCUT2D eigenvalue weighted by molar-refractivity contribution is 0.478. The molecule has 3 heterocycles. The van der Waals surface area contributed by atoms with Crippen LogP contribution in [0.2, 0.25) is 0 Å². The molecule has 0 saturated carbocycles. The fraction of sp³-hybridized carbons (Fsp3) is 0.319. The third kappa shape index (κ3) is 6.31. The summed E-state index contributed by atoms with van der Waals surface area (Å²) in [6.45, 7) is 20.2. The highest BCUT2D eigenvalue weighted by Crippen LogP contribution is 2.40. The van der Waals surface area contributed by atoms with Crippen molar-refractivity contribution in [2.75, 3.05) is 0 Å². The molecular weight excluding hydrogens is 637 g/mol. The molecule has 5 heteroatoms. The highest BCUT2D eigenvalue weighted by molar-refractivity contribution is 6.09. The Morgan fingerprint density at radius 3 is 2.08 bits per heavy atom. The molecule has 5 nitrogen and oxygen atoms in total. The van der Waals surface area contributed by atoms with Crippen LogP contribution in [0.15, 0.2) is 97.2 Å². The van der Waals surface area contributed by atoms with Crippen LogP contribution in [0.4, 0.5) is 0 Å². The third-order valence-electron chi connectivity index (χ3n) is 10.5. The molecule has 0 fully saturated rings. The molecule has 0 radical (unpaired) electrons. The van der Waals surface area contributed by atoms with Gasteiger partial charge in [0.25, 0.3) is 0 Å². The van der Waals surface area contributed by atoms with Gasteiger partial charge in [0.15, 0.2) is 0 Å². The fourth-order valence-electron chi connectivity index (χ4n) is 7.65. The number of hydrogen-bond acceptors (Lipinski definition) is 3. The zero-order valence-corrected chi connectivity index (χ0v) is 32.3. The summed E-state index contributed by atoms with van der Waals surface area (Å²) in [6, 6.07) is 32.7. The Morgan fingerprint density at radius 1 is 0.673 bits per heavy atom. The summed E-state index contributed by atoms with van der Waals surface area (Å²) in [5.41, 5.74) is 13.4. The summed E-state index contributed by atoms with van der Waals surface area (Å²) in [7, 11) is 0. The highest BCUT2D eigenvalue weighted by atomic mass is 16.5. The standard InChI is InChI=1S/C47H52N4O/c1-10-31-17-16-18-32(11-2)45(31)46-40(12-3)49-51(41(46)13-4)35-26-34(47(7,8)9)27-37(28-35)52-36-21-22-39-38-19-14-15-20-42(38)50(43(39)29-36)44-25-33(30(5)6)23-24-48-44/h14-30H,10-13H2,1-9H3. The quantitative estimate of drug-likeness (QED) is 0.144. The van der Waals surface area contributed by atoms with E-state index in [1.807, 2.05) is 6.20 Å². The van der Waals surface area contributed by atoms with E-state index < -0.39 is 0 Å². The predicted molar refractivity (Wildman–Crippen MR) is 218 cm³/mol. The first kappa shape index (κ1) is 35.3. The molecule has 0 aliphatic heterocycles. The lowest BCUT2D eigenvalue weighted by Crippen LogP contribution is -2.13. The van der Waals surface area contributed by atoms with E-state index in [0.717, 1.165) is 65.4 Å². The van der Waals surface area contributed by atoms with Crippen molar-refractivity contribution in [3.63, 3.8) is 0 Å². The van der Waals surface area contributed by atoms with Crippen LogP contribution in [0.25, 0.3) is 44.4 Å². The van der Waals surface area contributed by atoms with E-state index in [-0.39, 0.29) is 5.41 Å². The van der Waals surface area contributed by atoms with Gasteiger partial charge < -0.3 is 4.74 Å². The Bertz CT molecular complexity index is 2380. The topological polar surface area (TPSA) is 44.9 Å². The molecule has 0 aliphatic rings. The molecule has 0 aliphatic carbocycles. The van der Waals surface area contributed by atoms with Gasteiger partial charge in [0.1, 0.15) is 17.3 Å². The molecule has 3 aromatic heterocycles. The SMILES string of the molecule is CCc1cccc(CC)c1-c1c(CC)nn(-c2cc(Oc3ccc4c5ccccc5n(-c5cc(C(C)C)ccn5)c4c3)cc(C(C)(C)C)c2)c1CC.